The van der Waals surface area contributed by atoms with Gasteiger partial charge in [0.25, 0.3) is 0 Å². The smallest absolute Gasteiger partial charge is 0.126 e. The van der Waals surface area contributed by atoms with Gasteiger partial charge in [-0.15, -0.1) is 0 Å². The summed E-state index contributed by atoms with van der Waals surface area (Å²) in [6.45, 7) is 6.11. The first-order valence-electron chi connectivity index (χ1n) is 3.80. The van der Waals surface area contributed by atoms with Crippen LogP contribution in [-0.2, 0) is 0 Å². The molecular formula is C9H10ClIN2. The zero-order valence-electron chi connectivity index (χ0n) is 7.27. The molecule has 0 aliphatic carbocycles. The third-order valence-corrected chi connectivity index (χ3v) is 2.76. The second kappa shape index (κ2) is 4.81. The van der Waals surface area contributed by atoms with Crippen molar-refractivity contribution in [3.8, 4) is 0 Å². The Labute approximate surface area is 96.5 Å². The summed E-state index contributed by atoms with van der Waals surface area (Å²) >= 11 is 7.86. The zero-order valence-corrected chi connectivity index (χ0v) is 10.2. The first kappa shape index (κ1) is 10.8. The van der Waals surface area contributed by atoms with E-state index in [1.54, 1.807) is 0 Å². The van der Waals surface area contributed by atoms with E-state index in [1.807, 2.05) is 19.1 Å². The minimum Gasteiger partial charge on any atom is -0.365 e. The van der Waals surface area contributed by atoms with Crippen LogP contribution >= 0.6 is 34.2 Å². The van der Waals surface area contributed by atoms with Gasteiger partial charge in [0.05, 0.1) is 12.2 Å². The Bertz CT molecular complexity index is 325. The van der Waals surface area contributed by atoms with Gasteiger partial charge in [-0.05, 0) is 41.6 Å². The highest BCUT2D eigenvalue weighted by molar-refractivity contribution is 14.1. The second-order valence-corrected chi connectivity index (χ2v) is 4.33. The Kier molecular flexibility index (Phi) is 3.99. The number of anilines is 1. The summed E-state index contributed by atoms with van der Waals surface area (Å²) in [5.74, 6) is 0.833. The molecule has 0 saturated heterocycles. The molecule has 1 aromatic heterocycles. The van der Waals surface area contributed by atoms with E-state index in [0.717, 1.165) is 15.1 Å². The van der Waals surface area contributed by atoms with E-state index in [2.05, 4.69) is 39.5 Å². The van der Waals surface area contributed by atoms with E-state index < -0.39 is 0 Å². The molecule has 0 amide bonds. The summed E-state index contributed by atoms with van der Waals surface area (Å²) in [7, 11) is 0. The molecular weight excluding hydrogens is 298 g/mol. The van der Waals surface area contributed by atoms with Crippen molar-refractivity contribution in [3.05, 3.63) is 33.0 Å². The van der Waals surface area contributed by atoms with Crippen LogP contribution in [0, 0.1) is 10.5 Å². The highest BCUT2D eigenvalue weighted by Crippen LogP contribution is 2.12. The second-order valence-electron chi connectivity index (χ2n) is 2.63. The van der Waals surface area contributed by atoms with E-state index in [4.69, 9.17) is 11.6 Å². The molecule has 4 heteroatoms. The molecule has 2 nitrogen and oxygen atoms in total. The van der Waals surface area contributed by atoms with Crippen LogP contribution in [0.25, 0.3) is 0 Å². The van der Waals surface area contributed by atoms with Gasteiger partial charge < -0.3 is 5.32 Å². The third kappa shape index (κ3) is 3.52. The molecule has 13 heavy (non-hydrogen) atoms. The van der Waals surface area contributed by atoms with E-state index in [0.29, 0.717) is 11.6 Å². The lowest BCUT2D eigenvalue weighted by Crippen LogP contribution is -2.03. The molecule has 0 spiro atoms. The third-order valence-electron chi connectivity index (χ3n) is 1.48. The molecule has 1 aromatic rings. The SMILES string of the molecule is C=C(Cl)CNc1ccc(I)c(C)n1. The first-order chi connectivity index (χ1) is 6.09. The summed E-state index contributed by atoms with van der Waals surface area (Å²) in [4.78, 5) is 4.33. The van der Waals surface area contributed by atoms with Crippen molar-refractivity contribution in [1.82, 2.24) is 4.98 Å². The molecule has 1 N–H and O–H groups in total. The Morgan fingerprint density at radius 3 is 2.92 bits per heavy atom. The number of hydrogen-bond acceptors (Lipinski definition) is 2. The van der Waals surface area contributed by atoms with Crippen LogP contribution in [0.5, 0.6) is 0 Å². The largest absolute Gasteiger partial charge is 0.365 e. The molecule has 0 saturated carbocycles. The fraction of sp³-hybridized carbons (Fsp3) is 0.222. The predicted molar refractivity (Wildman–Crippen MR) is 65.2 cm³/mol. The van der Waals surface area contributed by atoms with Crippen LogP contribution < -0.4 is 5.32 Å². The maximum Gasteiger partial charge on any atom is 0.126 e. The van der Waals surface area contributed by atoms with Gasteiger partial charge in [-0.25, -0.2) is 4.98 Å². The van der Waals surface area contributed by atoms with Crippen molar-refractivity contribution < 1.29 is 0 Å². The van der Waals surface area contributed by atoms with Crippen molar-refractivity contribution in [1.29, 1.82) is 0 Å². The number of rotatable bonds is 3. The predicted octanol–water partition coefficient (Wildman–Crippen LogP) is 3.16. The minimum atomic E-state index is 0.550. The standard InChI is InChI=1S/C9H10ClIN2/c1-6(10)5-12-9-4-3-8(11)7(2)13-9/h3-4H,1,5H2,2H3,(H,12,13). The quantitative estimate of drug-likeness (QED) is 0.868. The molecule has 0 aliphatic rings. The van der Waals surface area contributed by atoms with Gasteiger partial charge >= 0.3 is 0 Å². The van der Waals surface area contributed by atoms with E-state index in [9.17, 15) is 0 Å². The molecule has 0 fully saturated rings. The molecule has 1 rings (SSSR count). The van der Waals surface area contributed by atoms with Gasteiger partial charge in [-0.3, -0.25) is 0 Å². The molecule has 70 valence electrons. The Hall–Kier alpha value is -0.290. The average Bonchev–Trinajstić information content (AvgIpc) is 2.07. The molecule has 1 heterocycles. The number of aromatic nitrogens is 1. The summed E-state index contributed by atoms with van der Waals surface area (Å²) in [6.07, 6.45) is 0. The summed E-state index contributed by atoms with van der Waals surface area (Å²) in [5, 5.41) is 3.65. The zero-order chi connectivity index (χ0) is 9.84. The lowest BCUT2D eigenvalue weighted by molar-refractivity contribution is 1.14. The van der Waals surface area contributed by atoms with Gasteiger partial charge in [0.15, 0.2) is 0 Å². The average molecular weight is 309 g/mol. The van der Waals surface area contributed by atoms with Gasteiger partial charge in [0, 0.05) is 8.60 Å². The normalized spacial score (nSPS) is 9.77. The van der Waals surface area contributed by atoms with Crippen molar-refractivity contribution in [3.63, 3.8) is 0 Å². The lowest BCUT2D eigenvalue weighted by Gasteiger charge is -2.05. The van der Waals surface area contributed by atoms with Gasteiger partial charge in [-0.2, -0.15) is 0 Å². The van der Waals surface area contributed by atoms with Gasteiger partial charge in [-0.1, -0.05) is 18.2 Å². The van der Waals surface area contributed by atoms with Crippen LogP contribution in [0.15, 0.2) is 23.7 Å². The lowest BCUT2D eigenvalue weighted by atomic mass is 10.4. The van der Waals surface area contributed by atoms with Crippen LogP contribution in [-0.4, -0.2) is 11.5 Å². The van der Waals surface area contributed by atoms with E-state index >= 15 is 0 Å². The van der Waals surface area contributed by atoms with Gasteiger partial charge in [0.1, 0.15) is 5.82 Å². The topological polar surface area (TPSA) is 24.9 Å². The molecule has 0 aromatic carbocycles. The maximum atomic E-state index is 5.61. The highest BCUT2D eigenvalue weighted by atomic mass is 127. The van der Waals surface area contributed by atoms with Crippen molar-refractivity contribution >= 4 is 40.0 Å². The van der Waals surface area contributed by atoms with Crippen molar-refractivity contribution in [2.75, 3.05) is 11.9 Å². The molecule has 0 atom stereocenters. The monoisotopic (exact) mass is 308 g/mol. The van der Waals surface area contributed by atoms with Crippen LogP contribution in [0.3, 0.4) is 0 Å². The fourth-order valence-electron chi connectivity index (χ4n) is 0.829. The minimum absolute atomic E-state index is 0.550. The first-order valence-corrected chi connectivity index (χ1v) is 5.25. The molecule has 0 unspecified atom stereocenters. The number of nitrogens with zero attached hydrogens (tertiary/aromatic N) is 1. The highest BCUT2D eigenvalue weighted by Gasteiger charge is 1.98. The number of aryl methyl sites for hydroxylation is 1. The summed E-state index contributed by atoms with van der Waals surface area (Å²) in [6, 6.07) is 3.94. The Balaban J connectivity index is 2.68. The van der Waals surface area contributed by atoms with Crippen LogP contribution in [0.4, 0.5) is 5.82 Å². The fourth-order valence-corrected chi connectivity index (χ4v) is 1.20. The summed E-state index contributed by atoms with van der Waals surface area (Å²) in [5.41, 5.74) is 1.02. The van der Waals surface area contributed by atoms with E-state index in [-0.39, 0.29) is 0 Å². The van der Waals surface area contributed by atoms with Crippen LogP contribution in [0.1, 0.15) is 5.69 Å². The Morgan fingerprint density at radius 1 is 1.69 bits per heavy atom. The summed E-state index contributed by atoms with van der Waals surface area (Å²) < 4.78 is 1.16. The van der Waals surface area contributed by atoms with Crippen molar-refractivity contribution in [2.45, 2.75) is 6.92 Å². The number of nitrogens with one attached hydrogen (secondary N) is 1. The van der Waals surface area contributed by atoms with Gasteiger partial charge in [0.2, 0.25) is 0 Å². The van der Waals surface area contributed by atoms with Crippen molar-refractivity contribution in [2.24, 2.45) is 0 Å². The number of halogens is 2. The Morgan fingerprint density at radius 2 is 2.38 bits per heavy atom. The maximum absolute atomic E-state index is 5.61. The van der Waals surface area contributed by atoms with E-state index in [1.165, 1.54) is 0 Å². The molecule has 0 radical (unpaired) electrons. The number of hydrogen-bond donors (Lipinski definition) is 1. The molecule has 0 bridgehead atoms. The number of pyridine rings is 1. The van der Waals surface area contributed by atoms with Crippen LogP contribution in [0.2, 0.25) is 0 Å². The molecule has 0 aliphatic heterocycles.